The highest BCUT2D eigenvalue weighted by Crippen LogP contribution is 2.13. The van der Waals surface area contributed by atoms with Crippen LogP contribution in [0.5, 0.6) is 0 Å². The van der Waals surface area contributed by atoms with E-state index < -0.39 is 22.9 Å². The molecule has 0 aliphatic rings. The number of hydrogen-bond acceptors (Lipinski definition) is 4. The van der Waals surface area contributed by atoms with Crippen LogP contribution < -0.4 is 16.6 Å². The number of anilines is 1. The molecule has 0 unspecified atom stereocenters. The lowest BCUT2D eigenvalue weighted by Gasteiger charge is -2.15. The number of halogens is 2. The fourth-order valence-electron chi connectivity index (χ4n) is 2.38. The Balaban J connectivity index is 1.99. The summed E-state index contributed by atoms with van der Waals surface area (Å²) in [5, 5.41) is 2.93. The van der Waals surface area contributed by atoms with E-state index >= 15 is 0 Å². The van der Waals surface area contributed by atoms with Crippen molar-refractivity contribution in [2.24, 2.45) is 7.05 Å². The second-order valence-electron chi connectivity index (χ2n) is 5.46. The average Bonchev–Trinajstić information content (AvgIpc) is 3.09. The molecule has 0 amide bonds. The van der Waals surface area contributed by atoms with Crippen LogP contribution in [0.4, 0.5) is 14.6 Å². The number of benzene rings is 1. The third-order valence-electron chi connectivity index (χ3n) is 3.77. The molecule has 0 atom stereocenters. The largest absolute Gasteiger partial charge is 0.467 e. The molecule has 3 aromatic rings. The molecule has 1 aromatic carbocycles. The van der Waals surface area contributed by atoms with Crippen LogP contribution in [0.25, 0.3) is 0 Å². The van der Waals surface area contributed by atoms with Gasteiger partial charge in [-0.3, -0.25) is 13.9 Å². The van der Waals surface area contributed by atoms with Crippen LogP contribution >= 0.6 is 0 Å². The van der Waals surface area contributed by atoms with E-state index in [1.54, 1.807) is 12.1 Å². The van der Waals surface area contributed by atoms with E-state index in [1.807, 2.05) is 0 Å². The van der Waals surface area contributed by atoms with Crippen molar-refractivity contribution in [3.63, 3.8) is 0 Å². The standard InChI is InChI=1S/C17H15F2N3O3/c1-21-16(23)8-15(20-9-13-3-2-6-25-13)22(17(21)24)10-11-4-5-12(18)7-14(11)19/h2-8,20H,9-10H2,1H3. The number of nitrogens with zero attached hydrogens (tertiary/aromatic N) is 2. The molecule has 0 saturated heterocycles. The number of nitrogens with one attached hydrogen (secondary N) is 1. The molecule has 0 radical (unpaired) electrons. The first-order valence-corrected chi connectivity index (χ1v) is 7.47. The minimum absolute atomic E-state index is 0.128. The Morgan fingerprint density at radius 2 is 1.96 bits per heavy atom. The molecule has 2 heterocycles. The van der Waals surface area contributed by atoms with Crippen LogP contribution in [0.15, 0.2) is 56.7 Å². The monoisotopic (exact) mass is 347 g/mol. The van der Waals surface area contributed by atoms with E-state index in [0.29, 0.717) is 5.76 Å². The Labute approximate surface area is 140 Å². The van der Waals surface area contributed by atoms with Gasteiger partial charge in [-0.15, -0.1) is 0 Å². The van der Waals surface area contributed by atoms with Gasteiger partial charge in [0.05, 0.1) is 19.4 Å². The van der Waals surface area contributed by atoms with E-state index in [2.05, 4.69) is 5.32 Å². The second kappa shape index (κ2) is 6.76. The van der Waals surface area contributed by atoms with Crippen molar-refractivity contribution in [2.45, 2.75) is 13.1 Å². The summed E-state index contributed by atoms with van der Waals surface area (Å²) >= 11 is 0. The predicted octanol–water partition coefficient (Wildman–Crippen LogP) is 2.08. The second-order valence-corrected chi connectivity index (χ2v) is 5.46. The Hall–Kier alpha value is -3.16. The van der Waals surface area contributed by atoms with Gasteiger partial charge in [-0.2, -0.15) is 0 Å². The maximum atomic E-state index is 13.9. The third-order valence-corrected chi connectivity index (χ3v) is 3.77. The quantitative estimate of drug-likeness (QED) is 0.767. The summed E-state index contributed by atoms with van der Waals surface area (Å²) in [6.45, 7) is 0.0884. The number of rotatable bonds is 5. The lowest BCUT2D eigenvalue weighted by Crippen LogP contribution is -2.39. The lowest BCUT2D eigenvalue weighted by atomic mass is 10.2. The summed E-state index contributed by atoms with van der Waals surface area (Å²) in [6.07, 6.45) is 1.50. The molecule has 8 heteroatoms. The number of aromatic nitrogens is 2. The van der Waals surface area contributed by atoms with E-state index in [4.69, 9.17) is 4.42 Å². The van der Waals surface area contributed by atoms with E-state index in [1.165, 1.54) is 30.0 Å². The zero-order chi connectivity index (χ0) is 18.0. The van der Waals surface area contributed by atoms with Crippen LogP contribution in [-0.4, -0.2) is 9.13 Å². The van der Waals surface area contributed by atoms with Gasteiger partial charge in [0.15, 0.2) is 0 Å². The fourth-order valence-corrected chi connectivity index (χ4v) is 2.38. The number of hydrogen-bond donors (Lipinski definition) is 1. The van der Waals surface area contributed by atoms with Gasteiger partial charge < -0.3 is 9.73 Å². The van der Waals surface area contributed by atoms with Crippen LogP contribution in [0, 0.1) is 11.6 Å². The van der Waals surface area contributed by atoms with Crippen molar-refractivity contribution in [1.29, 1.82) is 0 Å². The van der Waals surface area contributed by atoms with Crippen molar-refractivity contribution in [1.82, 2.24) is 9.13 Å². The lowest BCUT2D eigenvalue weighted by molar-refractivity contribution is 0.516. The minimum Gasteiger partial charge on any atom is -0.467 e. The molecule has 0 bridgehead atoms. The summed E-state index contributed by atoms with van der Waals surface area (Å²) in [6, 6.07) is 7.81. The maximum absolute atomic E-state index is 13.9. The average molecular weight is 347 g/mol. The Morgan fingerprint density at radius 1 is 1.16 bits per heavy atom. The summed E-state index contributed by atoms with van der Waals surface area (Å²) in [5.41, 5.74) is -0.982. The van der Waals surface area contributed by atoms with Gasteiger partial charge in [-0.1, -0.05) is 6.07 Å². The molecule has 2 aromatic heterocycles. The molecule has 0 saturated carbocycles. The van der Waals surface area contributed by atoms with E-state index in [0.717, 1.165) is 16.7 Å². The van der Waals surface area contributed by atoms with Crippen LogP contribution in [0.2, 0.25) is 0 Å². The van der Waals surface area contributed by atoms with E-state index in [9.17, 15) is 18.4 Å². The Kier molecular flexibility index (Phi) is 4.51. The molecule has 25 heavy (non-hydrogen) atoms. The Morgan fingerprint density at radius 3 is 2.64 bits per heavy atom. The van der Waals surface area contributed by atoms with Crippen LogP contribution in [0.1, 0.15) is 11.3 Å². The molecule has 1 N–H and O–H groups in total. The number of furan rings is 1. The predicted molar refractivity (Wildman–Crippen MR) is 87.4 cm³/mol. The first-order valence-electron chi connectivity index (χ1n) is 7.47. The topological polar surface area (TPSA) is 69.2 Å². The van der Waals surface area contributed by atoms with Crippen molar-refractivity contribution < 1.29 is 13.2 Å². The molecule has 0 aliphatic heterocycles. The highest BCUT2D eigenvalue weighted by Gasteiger charge is 2.13. The smallest absolute Gasteiger partial charge is 0.332 e. The molecular weight excluding hydrogens is 332 g/mol. The maximum Gasteiger partial charge on any atom is 0.332 e. The van der Waals surface area contributed by atoms with Crippen molar-refractivity contribution >= 4 is 5.82 Å². The van der Waals surface area contributed by atoms with Gasteiger partial charge in [0.1, 0.15) is 23.2 Å². The highest BCUT2D eigenvalue weighted by atomic mass is 19.1. The third kappa shape index (κ3) is 3.52. The van der Waals surface area contributed by atoms with Gasteiger partial charge in [0.2, 0.25) is 0 Å². The summed E-state index contributed by atoms with van der Waals surface area (Å²) in [4.78, 5) is 24.3. The van der Waals surface area contributed by atoms with Gasteiger partial charge in [-0.05, 0) is 18.2 Å². The first kappa shape index (κ1) is 16.7. The van der Waals surface area contributed by atoms with Crippen LogP contribution in [0.3, 0.4) is 0 Å². The van der Waals surface area contributed by atoms with Crippen molar-refractivity contribution in [3.05, 3.63) is 86.5 Å². The van der Waals surface area contributed by atoms with Gasteiger partial charge in [0, 0.05) is 24.7 Å². The highest BCUT2D eigenvalue weighted by molar-refractivity contribution is 5.36. The van der Waals surface area contributed by atoms with Crippen molar-refractivity contribution in [3.8, 4) is 0 Å². The van der Waals surface area contributed by atoms with Gasteiger partial charge >= 0.3 is 5.69 Å². The normalized spacial score (nSPS) is 10.8. The molecule has 6 nitrogen and oxygen atoms in total. The molecule has 0 fully saturated rings. The summed E-state index contributed by atoms with van der Waals surface area (Å²) < 4.78 is 34.3. The molecular formula is C17H15F2N3O3. The Bertz CT molecular complexity index is 1010. The zero-order valence-electron chi connectivity index (χ0n) is 13.3. The SMILES string of the molecule is Cn1c(=O)cc(NCc2ccco2)n(Cc2ccc(F)cc2F)c1=O. The molecule has 0 spiro atoms. The van der Waals surface area contributed by atoms with Crippen LogP contribution in [-0.2, 0) is 20.1 Å². The zero-order valence-corrected chi connectivity index (χ0v) is 13.3. The molecule has 0 aliphatic carbocycles. The summed E-state index contributed by atoms with van der Waals surface area (Å²) in [5.74, 6) is -0.649. The first-order chi connectivity index (χ1) is 12.0. The molecule has 130 valence electrons. The van der Waals surface area contributed by atoms with Gasteiger partial charge in [-0.25, -0.2) is 13.6 Å². The molecule has 3 rings (SSSR count). The fraction of sp³-hybridized carbons (Fsp3) is 0.176. The summed E-state index contributed by atoms with van der Waals surface area (Å²) in [7, 11) is 1.33. The minimum atomic E-state index is -0.766. The van der Waals surface area contributed by atoms with Gasteiger partial charge in [0.25, 0.3) is 5.56 Å². The van der Waals surface area contributed by atoms with E-state index in [-0.39, 0.29) is 24.5 Å². The van der Waals surface area contributed by atoms with Crippen molar-refractivity contribution in [2.75, 3.05) is 5.32 Å².